The van der Waals surface area contributed by atoms with Gasteiger partial charge in [0, 0.05) is 16.6 Å². The lowest BCUT2D eigenvalue weighted by Crippen LogP contribution is -2.10. The summed E-state index contributed by atoms with van der Waals surface area (Å²) in [5.41, 5.74) is 4.26. The van der Waals surface area contributed by atoms with Crippen molar-refractivity contribution in [3.63, 3.8) is 0 Å². The number of H-pyrrole nitrogens is 1. The van der Waals surface area contributed by atoms with Gasteiger partial charge in [-0.05, 0) is 55.7 Å². The lowest BCUT2D eigenvalue weighted by Gasteiger charge is -2.14. The molecule has 130 valence electrons. The molecule has 0 fully saturated rings. The summed E-state index contributed by atoms with van der Waals surface area (Å²) in [6, 6.07) is 12.2. The van der Waals surface area contributed by atoms with Gasteiger partial charge in [-0.25, -0.2) is 9.18 Å². The van der Waals surface area contributed by atoms with Crippen LogP contribution in [0.5, 0.6) is 0 Å². The molecule has 4 heteroatoms. The SMILES string of the molecule is CCCc1ccc2[nH]c(C)c(C(=O)OC(C)c3ccc(F)cc3)c2c1. The van der Waals surface area contributed by atoms with Gasteiger partial charge >= 0.3 is 5.97 Å². The van der Waals surface area contributed by atoms with Crippen LogP contribution in [0.15, 0.2) is 42.5 Å². The number of aromatic amines is 1. The molecular formula is C21H22FNO2. The van der Waals surface area contributed by atoms with Crippen LogP contribution in [-0.4, -0.2) is 11.0 Å². The fraction of sp³-hybridized carbons (Fsp3) is 0.286. The molecule has 0 bridgehead atoms. The molecule has 0 saturated carbocycles. The molecule has 3 rings (SSSR count). The number of rotatable bonds is 5. The summed E-state index contributed by atoms with van der Waals surface area (Å²) >= 11 is 0. The van der Waals surface area contributed by atoms with E-state index in [0.29, 0.717) is 5.56 Å². The molecule has 1 N–H and O–H groups in total. The minimum Gasteiger partial charge on any atom is -0.454 e. The number of ether oxygens (including phenoxy) is 1. The van der Waals surface area contributed by atoms with E-state index >= 15 is 0 Å². The fourth-order valence-corrected chi connectivity index (χ4v) is 3.10. The molecule has 0 aliphatic carbocycles. The Balaban J connectivity index is 1.89. The van der Waals surface area contributed by atoms with Gasteiger partial charge in [-0.1, -0.05) is 31.5 Å². The number of esters is 1. The molecule has 0 aliphatic rings. The third-order valence-corrected chi connectivity index (χ3v) is 4.42. The second kappa shape index (κ2) is 7.09. The largest absolute Gasteiger partial charge is 0.454 e. The normalized spacial score (nSPS) is 12.3. The predicted molar refractivity (Wildman–Crippen MR) is 97.3 cm³/mol. The number of halogens is 1. The third kappa shape index (κ3) is 3.58. The molecule has 0 aliphatic heterocycles. The molecule has 1 atom stereocenters. The third-order valence-electron chi connectivity index (χ3n) is 4.42. The number of hydrogen-bond donors (Lipinski definition) is 1. The zero-order chi connectivity index (χ0) is 18.0. The Morgan fingerprint density at radius 2 is 1.92 bits per heavy atom. The van der Waals surface area contributed by atoms with E-state index in [9.17, 15) is 9.18 Å². The van der Waals surface area contributed by atoms with Crippen molar-refractivity contribution in [1.82, 2.24) is 4.98 Å². The summed E-state index contributed by atoms with van der Waals surface area (Å²) in [7, 11) is 0. The Morgan fingerprint density at radius 1 is 1.20 bits per heavy atom. The molecule has 0 radical (unpaired) electrons. The van der Waals surface area contributed by atoms with Crippen molar-refractivity contribution in [2.75, 3.05) is 0 Å². The topological polar surface area (TPSA) is 42.1 Å². The van der Waals surface area contributed by atoms with Crippen molar-refractivity contribution in [2.24, 2.45) is 0 Å². The van der Waals surface area contributed by atoms with E-state index in [1.54, 1.807) is 19.1 Å². The van der Waals surface area contributed by atoms with Gasteiger partial charge in [0.2, 0.25) is 0 Å². The van der Waals surface area contributed by atoms with Crippen LogP contribution in [0, 0.1) is 12.7 Å². The number of nitrogens with one attached hydrogen (secondary N) is 1. The molecule has 1 heterocycles. The summed E-state index contributed by atoms with van der Waals surface area (Å²) in [5, 5.41) is 0.889. The van der Waals surface area contributed by atoms with Crippen molar-refractivity contribution in [2.45, 2.75) is 39.7 Å². The van der Waals surface area contributed by atoms with Gasteiger partial charge in [0.05, 0.1) is 5.56 Å². The summed E-state index contributed by atoms with van der Waals surface area (Å²) < 4.78 is 18.7. The first-order valence-corrected chi connectivity index (χ1v) is 8.57. The van der Waals surface area contributed by atoms with E-state index in [0.717, 1.165) is 35.0 Å². The fourth-order valence-electron chi connectivity index (χ4n) is 3.10. The van der Waals surface area contributed by atoms with E-state index in [4.69, 9.17) is 4.74 Å². The standard InChI is InChI=1S/C21H22FNO2/c1-4-5-15-6-11-19-18(12-15)20(13(2)23-19)21(24)25-14(3)16-7-9-17(22)10-8-16/h6-12,14,23H,4-5H2,1-3H3. The maximum atomic E-state index is 13.1. The first-order valence-electron chi connectivity index (χ1n) is 8.57. The number of aryl methyl sites for hydroxylation is 2. The summed E-state index contributed by atoms with van der Waals surface area (Å²) in [4.78, 5) is 16.0. The molecule has 0 amide bonds. The molecule has 3 nitrogen and oxygen atoms in total. The molecule has 0 spiro atoms. The number of aromatic nitrogens is 1. The molecular weight excluding hydrogens is 317 g/mol. The second-order valence-corrected chi connectivity index (χ2v) is 6.35. The van der Waals surface area contributed by atoms with Crippen molar-refractivity contribution in [1.29, 1.82) is 0 Å². The van der Waals surface area contributed by atoms with E-state index in [1.165, 1.54) is 17.7 Å². The highest BCUT2D eigenvalue weighted by molar-refractivity contribution is 6.05. The van der Waals surface area contributed by atoms with Gasteiger partial charge in [-0.3, -0.25) is 0 Å². The highest BCUT2D eigenvalue weighted by Gasteiger charge is 2.20. The average Bonchev–Trinajstić information content (AvgIpc) is 2.91. The van der Waals surface area contributed by atoms with E-state index in [-0.39, 0.29) is 11.8 Å². The first kappa shape index (κ1) is 17.2. The molecule has 25 heavy (non-hydrogen) atoms. The predicted octanol–water partition coefficient (Wildman–Crippen LogP) is 5.49. The summed E-state index contributed by atoms with van der Waals surface area (Å²) in [5.74, 6) is -0.674. The number of fused-ring (bicyclic) bond motifs is 1. The summed E-state index contributed by atoms with van der Waals surface area (Å²) in [6.07, 6.45) is 1.58. The van der Waals surface area contributed by atoms with Gasteiger partial charge in [-0.15, -0.1) is 0 Å². The van der Waals surface area contributed by atoms with E-state index in [1.807, 2.05) is 13.0 Å². The van der Waals surface area contributed by atoms with Crippen LogP contribution in [0.3, 0.4) is 0 Å². The van der Waals surface area contributed by atoms with Crippen molar-refractivity contribution in [3.05, 3.63) is 70.7 Å². The van der Waals surface area contributed by atoms with Gasteiger partial charge in [0.1, 0.15) is 11.9 Å². The number of hydrogen-bond acceptors (Lipinski definition) is 2. The zero-order valence-electron chi connectivity index (χ0n) is 14.7. The van der Waals surface area contributed by atoms with Crippen LogP contribution < -0.4 is 0 Å². The maximum absolute atomic E-state index is 13.1. The van der Waals surface area contributed by atoms with Gasteiger partial charge in [0.25, 0.3) is 0 Å². The molecule has 1 unspecified atom stereocenters. The van der Waals surface area contributed by atoms with Crippen LogP contribution in [0.1, 0.15) is 53.6 Å². The highest BCUT2D eigenvalue weighted by atomic mass is 19.1. The van der Waals surface area contributed by atoms with E-state index < -0.39 is 6.10 Å². The Kier molecular flexibility index (Phi) is 4.88. The lowest BCUT2D eigenvalue weighted by atomic mass is 10.0. The zero-order valence-corrected chi connectivity index (χ0v) is 14.7. The smallest absolute Gasteiger partial charge is 0.341 e. The van der Waals surface area contributed by atoms with Gasteiger partial charge in [-0.2, -0.15) is 0 Å². The summed E-state index contributed by atoms with van der Waals surface area (Å²) in [6.45, 7) is 5.79. The molecule has 3 aromatic rings. The van der Waals surface area contributed by atoms with Gasteiger partial charge in [0.15, 0.2) is 0 Å². The maximum Gasteiger partial charge on any atom is 0.341 e. The lowest BCUT2D eigenvalue weighted by molar-refractivity contribution is 0.0339. The Morgan fingerprint density at radius 3 is 2.60 bits per heavy atom. The van der Waals surface area contributed by atoms with Crippen LogP contribution in [0.25, 0.3) is 10.9 Å². The minimum absolute atomic E-state index is 0.307. The quantitative estimate of drug-likeness (QED) is 0.625. The Bertz CT molecular complexity index is 896. The molecule has 2 aromatic carbocycles. The second-order valence-electron chi connectivity index (χ2n) is 6.35. The van der Waals surface area contributed by atoms with Crippen molar-refractivity contribution in [3.8, 4) is 0 Å². The number of benzene rings is 2. The van der Waals surface area contributed by atoms with Crippen molar-refractivity contribution >= 4 is 16.9 Å². The van der Waals surface area contributed by atoms with Crippen LogP contribution in [0.4, 0.5) is 4.39 Å². The Labute approximate surface area is 146 Å². The first-order chi connectivity index (χ1) is 12.0. The van der Waals surface area contributed by atoms with Crippen molar-refractivity contribution < 1.29 is 13.9 Å². The van der Waals surface area contributed by atoms with Crippen LogP contribution >= 0.6 is 0 Å². The molecule has 0 saturated heterocycles. The van der Waals surface area contributed by atoms with Crippen LogP contribution in [0.2, 0.25) is 0 Å². The number of carbonyl (C=O) groups is 1. The van der Waals surface area contributed by atoms with E-state index in [2.05, 4.69) is 24.0 Å². The monoisotopic (exact) mass is 339 g/mol. The molecule has 1 aromatic heterocycles. The van der Waals surface area contributed by atoms with Gasteiger partial charge < -0.3 is 9.72 Å². The average molecular weight is 339 g/mol. The van der Waals surface area contributed by atoms with Crippen LogP contribution in [-0.2, 0) is 11.2 Å². The Hall–Kier alpha value is -2.62. The highest BCUT2D eigenvalue weighted by Crippen LogP contribution is 2.27. The minimum atomic E-state index is -0.448. The number of carbonyl (C=O) groups excluding carboxylic acids is 1.